The van der Waals surface area contributed by atoms with E-state index in [1.807, 2.05) is 23.9 Å². The number of hydrogen-bond acceptors (Lipinski definition) is 5. The normalized spacial score (nSPS) is 15.7. The van der Waals surface area contributed by atoms with Gasteiger partial charge in [0.25, 0.3) is 0 Å². The molecule has 6 heteroatoms. The fraction of sp³-hybridized carbons (Fsp3) is 0.650. The highest BCUT2D eigenvalue weighted by Crippen LogP contribution is 2.29. The quantitative estimate of drug-likeness (QED) is 0.624. The van der Waals surface area contributed by atoms with Crippen molar-refractivity contribution >= 4 is 23.4 Å². The summed E-state index contributed by atoms with van der Waals surface area (Å²) in [7, 11) is 3.21. The van der Waals surface area contributed by atoms with E-state index in [0.29, 0.717) is 29.5 Å². The van der Waals surface area contributed by atoms with Crippen LogP contribution >= 0.6 is 11.8 Å². The predicted octanol–water partition coefficient (Wildman–Crippen LogP) is 3.89. The third-order valence-electron chi connectivity index (χ3n) is 4.99. The second-order valence-electron chi connectivity index (χ2n) is 6.78. The van der Waals surface area contributed by atoms with Gasteiger partial charge in [0.15, 0.2) is 0 Å². The second kappa shape index (κ2) is 11.3. The summed E-state index contributed by atoms with van der Waals surface area (Å²) in [5.41, 5.74) is 0.696. The Morgan fingerprint density at radius 2 is 2.04 bits per heavy atom. The van der Waals surface area contributed by atoms with Crippen LogP contribution in [0.25, 0.3) is 0 Å². The van der Waals surface area contributed by atoms with Crippen molar-refractivity contribution in [3.05, 3.63) is 18.2 Å². The van der Waals surface area contributed by atoms with Gasteiger partial charge < -0.3 is 19.7 Å². The van der Waals surface area contributed by atoms with E-state index < -0.39 is 0 Å². The van der Waals surface area contributed by atoms with Gasteiger partial charge in [-0.05, 0) is 75.4 Å². The molecule has 0 unspecified atom stereocenters. The van der Waals surface area contributed by atoms with E-state index in [0.717, 1.165) is 6.42 Å². The maximum Gasteiger partial charge on any atom is 0.224 e. The lowest BCUT2D eigenvalue weighted by Crippen LogP contribution is -2.34. The molecule has 2 rings (SSSR count). The van der Waals surface area contributed by atoms with Gasteiger partial charge in [-0.25, -0.2) is 0 Å². The lowest BCUT2D eigenvalue weighted by Gasteiger charge is -2.31. The van der Waals surface area contributed by atoms with Crippen molar-refractivity contribution in [2.24, 2.45) is 5.92 Å². The molecule has 5 nitrogen and oxygen atoms in total. The van der Waals surface area contributed by atoms with Crippen LogP contribution in [0, 0.1) is 5.92 Å². The number of thioether (sulfide) groups is 1. The first kappa shape index (κ1) is 20.9. The van der Waals surface area contributed by atoms with Gasteiger partial charge in [0.05, 0.1) is 19.9 Å². The van der Waals surface area contributed by atoms with Crippen molar-refractivity contribution < 1.29 is 14.3 Å². The van der Waals surface area contributed by atoms with Crippen molar-refractivity contribution in [2.45, 2.75) is 32.1 Å². The minimum Gasteiger partial charge on any atom is -0.497 e. The Morgan fingerprint density at radius 3 is 2.69 bits per heavy atom. The van der Waals surface area contributed by atoms with Gasteiger partial charge in [-0.1, -0.05) is 0 Å². The summed E-state index contributed by atoms with van der Waals surface area (Å²) in [4.78, 5) is 14.9. The third kappa shape index (κ3) is 6.72. The second-order valence-corrected chi connectivity index (χ2v) is 7.77. The highest BCUT2D eigenvalue weighted by molar-refractivity contribution is 7.98. The first-order valence-electron chi connectivity index (χ1n) is 9.39. The van der Waals surface area contributed by atoms with Crippen molar-refractivity contribution in [1.82, 2.24) is 4.90 Å². The Morgan fingerprint density at radius 1 is 1.27 bits per heavy atom. The molecule has 1 aromatic carbocycles. The summed E-state index contributed by atoms with van der Waals surface area (Å²) in [5.74, 6) is 3.29. The maximum absolute atomic E-state index is 12.3. The summed E-state index contributed by atoms with van der Waals surface area (Å²) in [6, 6.07) is 5.43. The molecule has 1 aromatic rings. The average Bonchev–Trinajstić information content (AvgIpc) is 2.68. The number of carbonyl (C=O) groups excluding carboxylic acids is 1. The zero-order chi connectivity index (χ0) is 18.8. The van der Waals surface area contributed by atoms with Gasteiger partial charge in [-0.15, -0.1) is 0 Å². The fourth-order valence-electron chi connectivity index (χ4n) is 3.38. The number of amides is 1. The molecule has 0 atom stereocenters. The van der Waals surface area contributed by atoms with Crippen molar-refractivity contribution in [2.75, 3.05) is 51.2 Å². The SMILES string of the molecule is COc1ccc(NC(=O)CCC2CCN(CCCSC)CC2)c(OC)c1. The minimum absolute atomic E-state index is 0.0517. The number of rotatable bonds is 10. The molecular weight excluding hydrogens is 348 g/mol. The number of carbonyl (C=O) groups is 1. The molecule has 1 N–H and O–H groups in total. The predicted molar refractivity (Wildman–Crippen MR) is 110 cm³/mol. The molecule has 1 aliphatic heterocycles. The van der Waals surface area contributed by atoms with Crippen LogP contribution in [0.15, 0.2) is 18.2 Å². The highest BCUT2D eigenvalue weighted by Gasteiger charge is 2.20. The molecule has 1 heterocycles. The van der Waals surface area contributed by atoms with Crippen molar-refractivity contribution in [3.63, 3.8) is 0 Å². The molecule has 0 aromatic heterocycles. The number of nitrogens with one attached hydrogen (secondary N) is 1. The zero-order valence-corrected chi connectivity index (χ0v) is 17.1. The van der Waals surface area contributed by atoms with Gasteiger partial charge >= 0.3 is 0 Å². The topological polar surface area (TPSA) is 50.8 Å². The van der Waals surface area contributed by atoms with Gasteiger partial charge in [-0.2, -0.15) is 11.8 Å². The van der Waals surface area contributed by atoms with Crippen molar-refractivity contribution in [1.29, 1.82) is 0 Å². The molecule has 146 valence electrons. The molecule has 1 aliphatic rings. The number of ether oxygens (including phenoxy) is 2. The standard InChI is InChI=1S/C20H32N2O3S/c1-24-17-6-7-18(19(15-17)25-2)21-20(23)8-5-16-9-12-22(13-10-16)11-4-14-26-3/h6-7,15-16H,4-5,8-14H2,1-3H3,(H,21,23). The number of methoxy groups -OCH3 is 2. The smallest absolute Gasteiger partial charge is 0.224 e. The lowest BCUT2D eigenvalue weighted by molar-refractivity contribution is -0.116. The van der Waals surface area contributed by atoms with Gasteiger partial charge in [-0.3, -0.25) is 4.79 Å². The van der Waals surface area contributed by atoms with Crippen LogP contribution in [-0.4, -0.2) is 56.7 Å². The zero-order valence-electron chi connectivity index (χ0n) is 16.3. The molecule has 26 heavy (non-hydrogen) atoms. The molecule has 0 aliphatic carbocycles. The van der Waals surface area contributed by atoms with E-state index in [2.05, 4.69) is 16.5 Å². The maximum atomic E-state index is 12.3. The molecule has 0 bridgehead atoms. The summed E-state index contributed by atoms with van der Waals surface area (Å²) in [6.45, 7) is 3.56. The third-order valence-corrected chi connectivity index (χ3v) is 5.69. The highest BCUT2D eigenvalue weighted by atomic mass is 32.2. The molecule has 0 radical (unpaired) electrons. The van der Waals surface area contributed by atoms with Crippen LogP contribution < -0.4 is 14.8 Å². The summed E-state index contributed by atoms with van der Waals surface area (Å²) < 4.78 is 10.5. The molecular formula is C20H32N2O3S. The molecule has 0 saturated carbocycles. The van der Waals surface area contributed by atoms with E-state index >= 15 is 0 Å². The number of anilines is 1. The summed E-state index contributed by atoms with van der Waals surface area (Å²) in [6.07, 6.45) is 7.38. The Kier molecular flexibility index (Phi) is 9.12. The number of hydrogen-bond donors (Lipinski definition) is 1. The van der Waals surface area contributed by atoms with E-state index in [-0.39, 0.29) is 5.91 Å². The largest absolute Gasteiger partial charge is 0.497 e. The van der Waals surface area contributed by atoms with E-state index in [1.54, 1.807) is 20.3 Å². The van der Waals surface area contributed by atoms with Crippen LogP contribution in [-0.2, 0) is 4.79 Å². The van der Waals surface area contributed by atoms with Gasteiger partial charge in [0.1, 0.15) is 11.5 Å². The molecule has 1 saturated heterocycles. The number of nitrogens with zero attached hydrogens (tertiary/aromatic N) is 1. The lowest BCUT2D eigenvalue weighted by atomic mass is 9.92. The Bertz CT molecular complexity index is 560. The Balaban J connectivity index is 1.71. The Hall–Kier alpha value is -1.40. The van der Waals surface area contributed by atoms with E-state index in [1.165, 1.54) is 44.6 Å². The Labute approximate surface area is 161 Å². The monoisotopic (exact) mass is 380 g/mol. The van der Waals surface area contributed by atoms with Crippen molar-refractivity contribution in [3.8, 4) is 11.5 Å². The van der Waals surface area contributed by atoms with Gasteiger partial charge in [0, 0.05) is 12.5 Å². The first-order chi connectivity index (χ1) is 12.7. The van der Waals surface area contributed by atoms with Crippen LogP contribution in [0.5, 0.6) is 11.5 Å². The van der Waals surface area contributed by atoms with E-state index in [9.17, 15) is 4.79 Å². The van der Waals surface area contributed by atoms with Crippen LogP contribution in [0.1, 0.15) is 32.1 Å². The van der Waals surface area contributed by atoms with Gasteiger partial charge in [0.2, 0.25) is 5.91 Å². The molecule has 1 fully saturated rings. The molecule has 0 spiro atoms. The average molecular weight is 381 g/mol. The minimum atomic E-state index is 0.0517. The van der Waals surface area contributed by atoms with Crippen LogP contribution in [0.4, 0.5) is 5.69 Å². The van der Waals surface area contributed by atoms with E-state index in [4.69, 9.17) is 9.47 Å². The van der Waals surface area contributed by atoms with Crippen LogP contribution in [0.2, 0.25) is 0 Å². The fourth-order valence-corrected chi connectivity index (χ4v) is 3.80. The number of likely N-dealkylation sites (tertiary alicyclic amines) is 1. The number of benzene rings is 1. The number of piperidine rings is 1. The van der Waals surface area contributed by atoms with Crippen LogP contribution in [0.3, 0.4) is 0 Å². The summed E-state index contributed by atoms with van der Waals surface area (Å²) in [5, 5.41) is 2.96. The molecule has 1 amide bonds. The first-order valence-corrected chi connectivity index (χ1v) is 10.8. The summed E-state index contributed by atoms with van der Waals surface area (Å²) >= 11 is 1.92.